The Morgan fingerprint density at radius 2 is 1.91 bits per heavy atom. The van der Waals surface area contributed by atoms with E-state index in [0.29, 0.717) is 24.0 Å². The minimum absolute atomic E-state index is 0.0895. The van der Waals surface area contributed by atoms with E-state index in [1.807, 2.05) is 55.5 Å². The van der Waals surface area contributed by atoms with Crippen LogP contribution in [0.15, 0.2) is 94.9 Å². The lowest BCUT2D eigenvalue weighted by atomic mass is 9.76. The highest BCUT2D eigenvalue weighted by atomic mass is 32.2. The number of hydrazone groups is 1. The third-order valence-electron chi connectivity index (χ3n) is 6.70. The van der Waals surface area contributed by atoms with Crippen molar-refractivity contribution in [3.05, 3.63) is 107 Å². The number of anilines is 1. The van der Waals surface area contributed by atoms with Gasteiger partial charge in [-0.1, -0.05) is 48.6 Å². The van der Waals surface area contributed by atoms with Gasteiger partial charge in [-0.25, -0.2) is 9.82 Å². The maximum Gasteiger partial charge on any atom is 0.240 e. The molecule has 0 bridgehead atoms. The summed E-state index contributed by atoms with van der Waals surface area (Å²) < 4.78 is 13.5. The molecular formula is C29H28FN3OS. The zero-order valence-corrected chi connectivity index (χ0v) is 20.4. The first-order chi connectivity index (χ1) is 17.1. The number of carbonyl (C=O) groups excluding carboxylic acids is 1. The molecule has 2 N–H and O–H groups in total. The molecule has 5 rings (SSSR count). The van der Waals surface area contributed by atoms with Crippen LogP contribution in [0.4, 0.5) is 10.1 Å². The molecule has 0 unspecified atom stereocenters. The average Bonchev–Trinajstić information content (AvgIpc) is 3.38. The molecule has 4 nitrogen and oxygen atoms in total. The standard InChI is InChI=1S/C29H28FN3OS/c1-19(32-33-28(34)16-17-35-23-6-3-2-4-7-23)21-12-15-27-26(18-21)24-8-5-9-25(24)29(31-27)20-10-13-22(30)14-11-20/h2-8,10-15,18,24-25,29,31H,9,16-17H2,1H3,(H,33,34)/b32-19-/t24-,25+,29+/m1/s1. The van der Waals surface area contributed by atoms with Gasteiger partial charge in [0.25, 0.3) is 0 Å². The highest BCUT2D eigenvalue weighted by Crippen LogP contribution is 2.49. The predicted molar refractivity (Wildman–Crippen MR) is 141 cm³/mol. The van der Waals surface area contributed by atoms with Crippen LogP contribution in [0.3, 0.4) is 0 Å². The lowest BCUT2D eigenvalue weighted by molar-refractivity contribution is -0.120. The van der Waals surface area contributed by atoms with Gasteiger partial charge in [-0.15, -0.1) is 11.8 Å². The molecule has 2 aliphatic rings. The first-order valence-corrected chi connectivity index (χ1v) is 12.9. The monoisotopic (exact) mass is 485 g/mol. The Labute approximate surface area is 209 Å². The highest BCUT2D eigenvalue weighted by molar-refractivity contribution is 7.99. The summed E-state index contributed by atoms with van der Waals surface area (Å²) in [5, 5.41) is 8.04. The van der Waals surface area contributed by atoms with Crippen LogP contribution in [0, 0.1) is 11.7 Å². The van der Waals surface area contributed by atoms with Crippen LogP contribution in [-0.4, -0.2) is 17.4 Å². The van der Waals surface area contributed by atoms with Crippen LogP contribution in [0.5, 0.6) is 0 Å². The van der Waals surface area contributed by atoms with E-state index in [1.54, 1.807) is 11.8 Å². The molecule has 35 heavy (non-hydrogen) atoms. The van der Waals surface area contributed by atoms with Crippen molar-refractivity contribution in [3.8, 4) is 0 Å². The SMILES string of the molecule is C/C(=N/NC(=O)CCSc1ccccc1)c1ccc2c(c1)[C@@H]1C=CC[C@@H]1[C@H](c1ccc(F)cc1)N2. The second-order valence-corrected chi connectivity index (χ2v) is 10.1. The summed E-state index contributed by atoms with van der Waals surface area (Å²) in [6, 6.07) is 23.3. The second kappa shape index (κ2) is 10.5. The van der Waals surface area contributed by atoms with Gasteiger partial charge in [-0.05, 0) is 72.4 Å². The van der Waals surface area contributed by atoms with Crippen molar-refractivity contribution in [2.45, 2.75) is 36.6 Å². The molecular weight excluding hydrogens is 457 g/mol. The molecule has 0 spiro atoms. The Morgan fingerprint density at radius 1 is 1.11 bits per heavy atom. The molecule has 6 heteroatoms. The van der Waals surface area contributed by atoms with E-state index in [0.717, 1.165) is 33.8 Å². The van der Waals surface area contributed by atoms with Crippen LogP contribution in [0.1, 0.15) is 48.4 Å². The van der Waals surface area contributed by atoms with E-state index >= 15 is 0 Å². The van der Waals surface area contributed by atoms with Crippen LogP contribution in [0.2, 0.25) is 0 Å². The lowest BCUT2D eigenvalue weighted by Gasteiger charge is -2.37. The molecule has 3 aromatic rings. The van der Waals surface area contributed by atoms with Gasteiger partial charge in [0, 0.05) is 28.7 Å². The third kappa shape index (κ3) is 5.33. The van der Waals surface area contributed by atoms with E-state index in [4.69, 9.17) is 0 Å². The Balaban J connectivity index is 1.25. The fraction of sp³-hybridized carbons (Fsp3) is 0.241. The number of amides is 1. The number of rotatable bonds is 7. The van der Waals surface area contributed by atoms with E-state index < -0.39 is 0 Å². The summed E-state index contributed by atoms with van der Waals surface area (Å²) in [4.78, 5) is 13.4. The fourth-order valence-corrected chi connectivity index (χ4v) is 5.74. The predicted octanol–water partition coefficient (Wildman–Crippen LogP) is 6.67. The van der Waals surface area contributed by atoms with Gasteiger partial charge in [0.05, 0.1) is 11.8 Å². The molecule has 0 radical (unpaired) electrons. The summed E-state index contributed by atoms with van der Waals surface area (Å²) in [6.07, 6.45) is 5.91. The van der Waals surface area contributed by atoms with E-state index in [1.165, 1.54) is 17.7 Å². The molecule has 1 amide bonds. The van der Waals surface area contributed by atoms with Gasteiger partial charge in [0.2, 0.25) is 5.91 Å². The zero-order chi connectivity index (χ0) is 24.2. The number of allylic oxidation sites excluding steroid dienone is 2. The molecule has 1 aliphatic heterocycles. The first-order valence-electron chi connectivity index (χ1n) is 11.9. The summed E-state index contributed by atoms with van der Waals surface area (Å²) in [5.74, 6) is 1.07. The van der Waals surface area contributed by atoms with Crippen LogP contribution in [0.25, 0.3) is 0 Å². The van der Waals surface area contributed by atoms with E-state index in [2.05, 4.69) is 40.1 Å². The van der Waals surface area contributed by atoms with Crippen molar-refractivity contribution in [1.29, 1.82) is 0 Å². The molecule has 0 fully saturated rings. The topological polar surface area (TPSA) is 53.5 Å². The number of nitrogens with one attached hydrogen (secondary N) is 2. The smallest absolute Gasteiger partial charge is 0.240 e. The number of thioether (sulfide) groups is 1. The van der Waals surface area contributed by atoms with Crippen molar-refractivity contribution >= 4 is 29.1 Å². The molecule has 3 atom stereocenters. The first kappa shape index (κ1) is 23.4. The maximum atomic E-state index is 13.5. The molecule has 178 valence electrons. The van der Waals surface area contributed by atoms with Crippen molar-refractivity contribution in [1.82, 2.24) is 5.43 Å². The number of carbonyl (C=O) groups is 1. The number of benzene rings is 3. The van der Waals surface area contributed by atoms with Gasteiger partial charge in [-0.2, -0.15) is 5.10 Å². The Morgan fingerprint density at radius 3 is 2.71 bits per heavy atom. The number of fused-ring (bicyclic) bond motifs is 3. The van der Waals surface area contributed by atoms with Crippen molar-refractivity contribution in [3.63, 3.8) is 0 Å². The number of halogens is 1. The molecule has 3 aromatic carbocycles. The summed E-state index contributed by atoms with van der Waals surface area (Å²) >= 11 is 1.66. The van der Waals surface area contributed by atoms with Crippen LogP contribution < -0.4 is 10.7 Å². The summed E-state index contributed by atoms with van der Waals surface area (Å²) in [5.41, 5.74) is 7.89. The average molecular weight is 486 g/mol. The van der Waals surface area contributed by atoms with Gasteiger partial charge in [0.1, 0.15) is 5.82 Å². The molecule has 1 heterocycles. The highest BCUT2D eigenvalue weighted by Gasteiger charge is 2.38. The van der Waals surface area contributed by atoms with Crippen molar-refractivity contribution in [2.24, 2.45) is 11.0 Å². The fourth-order valence-electron chi connectivity index (χ4n) is 4.86. The zero-order valence-electron chi connectivity index (χ0n) is 19.6. The Kier molecular flexibility index (Phi) is 7.00. The molecule has 1 aliphatic carbocycles. The minimum Gasteiger partial charge on any atom is -0.378 e. The summed E-state index contributed by atoms with van der Waals surface area (Å²) in [7, 11) is 0. The largest absolute Gasteiger partial charge is 0.378 e. The molecule has 0 saturated carbocycles. The van der Waals surface area contributed by atoms with Crippen LogP contribution in [-0.2, 0) is 4.79 Å². The number of nitrogens with zero attached hydrogens (tertiary/aromatic N) is 1. The second-order valence-electron chi connectivity index (χ2n) is 8.97. The Hall–Kier alpha value is -3.38. The van der Waals surface area contributed by atoms with E-state index in [9.17, 15) is 9.18 Å². The quantitative estimate of drug-likeness (QED) is 0.170. The van der Waals surface area contributed by atoms with Crippen LogP contribution >= 0.6 is 11.8 Å². The third-order valence-corrected chi connectivity index (χ3v) is 7.71. The van der Waals surface area contributed by atoms with Crippen molar-refractivity contribution < 1.29 is 9.18 Å². The van der Waals surface area contributed by atoms with E-state index in [-0.39, 0.29) is 17.8 Å². The van der Waals surface area contributed by atoms with Crippen molar-refractivity contribution in [2.75, 3.05) is 11.1 Å². The molecule has 0 saturated heterocycles. The van der Waals surface area contributed by atoms with Gasteiger partial charge >= 0.3 is 0 Å². The normalized spacial score (nSPS) is 20.6. The van der Waals surface area contributed by atoms with Gasteiger partial charge in [-0.3, -0.25) is 4.79 Å². The maximum absolute atomic E-state index is 13.5. The minimum atomic E-state index is -0.215. The molecule has 0 aromatic heterocycles. The van der Waals surface area contributed by atoms with Gasteiger partial charge in [0.15, 0.2) is 0 Å². The summed E-state index contributed by atoms with van der Waals surface area (Å²) in [6.45, 7) is 1.92. The van der Waals surface area contributed by atoms with Gasteiger partial charge < -0.3 is 5.32 Å². The number of hydrogen-bond donors (Lipinski definition) is 2. The Bertz CT molecular complexity index is 1260. The lowest BCUT2D eigenvalue weighted by Crippen LogP contribution is -2.29. The number of hydrogen-bond acceptors (Lipinski definition) is 4.